The third kappa shape index (κ3) is 4.98. The second-order valence-corrected chi connectivity index (χ2v) is 10.4. The van der Waals surface area contributed by atoms with Crippen molar-refractivity contribution >= 4 is 34.7 Å². The van der Waals surface area contributed by atoms with Crippen molar-refractivity contribution in [3.63, 3.8) is 0 Å². The Hall–Kier alpha value is -5.04. The second-order valence-electron chi connectivity index (χ2n) is 10.4. The average Bonchev–Trinajstić information content (AvgIpc) is 3.33. The molecule has 0 aromatic carbocycles. The molecular formula is C29H27N7O6. The first kappa shape index (κ1) is 25.9. The Kier molecular flexibility index (Phi) is 6.62. The molecule has 0 spiro atoms. The van der Waals surface area contributed by atoms with Gasteiger partial charge in [0.2, 0.25) is 5.88 Å². The van der Waals surface area contributed by atoms with E-state index >= 15 is 0 Å². The number of carbonyl (C=O) groups excluding carboxylic acids is 2. The van der Waals surface area contributed by atoms with Crippen LogP contribution in [0.2, 0.25) is 0 Å². The van der Waals surface area contributed by atoms with Gasteiger partial charge in [-0.25, -0.2) is 9.78 Å². The first-order chi connectivity index (χ1) is 20.5. The quantitative estimate of drug-likeness (QED) is 0.340. The van der Waals surface area contributed by atoms with E-state index in [4.69, 9.17) is 14.2 Å². The molecule has 13 heteroatoms. The highest BCUT2D eigenvalue weighted by Gasteiger charge is 2.46. The topological polar surface area (TPSA) is 150 Å². The van der Waals surface area contributed by atoms with Crippen LogP contribution >= 0.6 is 0 Å². The molecule has 6 heterocycles. The van der Waals surface area contributed by atoms with E-state index in [2.05, 4.69) is 25.6 Å². The molecular weight excluding hydrogens is 542 g/mol. The zero-order chi connectivity index (χ0) is 28.6. The van der Waals surface area contributed by atoms with E-state index in [-0.39, 0.29) is 36.3 Å². The molecule has 13 nitrogen and oxygen atoms in total. The SMILES string of the molecule is O=C1COc2ccc(N3C(=O)O[C@@H]4C[C@@H](NCCn5c(=O)ccc6ccc(Oc7cccnc7)nc65)CC[C@@H]43)nc2N1. The Morgan fingerprint density at radius 3 is 2.83 bits per heavy atom. The summed E-state index contributed by atoms with van der Waals surface area (Å²) >= 11 is 0. The van der Waals surface area contributed by atoms with E-state index in [1.807, 2.05) is 6.07 Å². The Balaban J connectivity index is 1.00. The lowest BCUT2D eigenvalue weighted by molar-refractivity contribution is -0.118. The number of aromatic nitrogens is 4. The van der Waals surface area contributed by atoms with Gasteiger partial charge < -0.3 is 24.8 Å². The fourth-order valence-corrected chi connectivity index (χ4v) is 5.72. The van der Waals surface area contributed by atoms with Crippen LogP contribution in [0.25, 0.3) is 11.0 Å². The Morgan fingerprint density at radius 2 is 1.95 bits per heavy atom. The van der Waals surface area contributed by atoms with E-state index in [1.54, 1.807) is 58.3 Å². The van der Waals surface area contributed by atoms with Crippen molar-refractivity contribution in [2.45, 2.75) is 44.0 Å². The van der Waals surface area contributed by atoms with Crippen LogP contribution in [0.5, 0.6) is 17.4 Å². The number of anilines is 2. The van der Waals surface area contributed by atoms with E-state index in [0.29, 0.717) is 60.6 Å². The molecule has 214 valence electrons. The fourth-order valence-electron chi connectivity index (χ4n) is 5.72. The van der Waals surface area contributed by atoms with Crippen molar-refractivity contribution in [2.75, 3.05) is 23.4 Å². The highest BCUT2D eigenvalue weighted by atomic mass is 16.6. The van der Waals surface area contributed by atoms with Crippen LogP contribution in [0.4, 0.5) is 16.4 Å². The highest BCUT2D eigenvalue weighted by molar-refractivity contribution is 5.95. The molecule has 3 atom stereocenters. The van der Waals surface area contributed by atoms with Crippen LogP contribution in [0, 0.1) is 0 Å². The molecule has 0 bridgehead atoms. The molecule has 3 aliphatic rings. The second kappa shape index (κ2) is 10.7. The molecule has 2 N–H and O–H groups in total. The molecule has 1 aliphatic carbocycles. The van der Waals surface area contributed by atoms with Crippen LogP contribution in [-0.2, 0) is 16.1 Å². The van der Waals surface area contributed by atoms with Gasteiger partial charge in [0.05, 0.1) is 12.2 Å². The minimum absolute atomic E-state index is 0.0634. The highest BCUT2D eigenvalue weighted by Crippen LogP contribution is 2.37. The largest absolute Gasteiger partial charge is 0.480 e. The van der Waals surface area contributed by atoms with Crippen molar-refractivity contribution < 1.29 is 23.8 Å². The zero-order valence-corrected chi connectivity index (χ0v) is 22.4. The van der Waals surface area contributed by atoms with Gasteiger partial charge >= 0.3 is 6.09 Å². The first-order valence-electron chi connectivity index (χ1n) is 13.8. The van der Waals surface area contributed by atoms with Crippen molar-refractivity contribution in [3.05, 3.63) is 71.3 Å². The molecule has 4 aromatic heterocycles. The normalized spacial score (nSPS) is 21.2. The number of nitrogens with zero attached hydrogens (tertiary/aromatic N) is 5. The van der Waals surface area contributed by atoms with Gasteiger partial charge in [-0.1, -0.05) is 0 Å². The molecule has 7 rings (SSSR count). The third-order valence-corrected chi connectivity index (χ3v) is 7.68. The summed E-state index contributed by atoms with van der Waals surface area (Å²) in [5.41, 5.74) is 0.382. The van der Waals surface area contributed by atoms with E-state index in [1.165, 1.54) is 6.07 Å². The summed E-state index contributed by atoms with van der Waals surface area (Å²) in [6, 6.07) is 13.8. The van der Waals surface area contributed by atoms with Crippen molar-refractivity contribution in [1.29, 1.82) is 0 Å². The van der Waals surface area contributed by atoms with Gasteiger partial charge in [0.15, 0.2) is 18.2 Å². The van der Waals surface area contributed by atoms with Crippen LogP contribution in [-0.4, -0.2) is 62.9 Å². The number of hydrogen-bond donors (Lipinski definition) is 2. The standard InChI is InChI=1S/C29H27N7O6/c37-24-16-40-21-7-8-23(32-27(21)33-24)36-20-6-5-18(14-22(20)42-29(36)39)31-12-13-35-26(38)10-4-17-3-9-25(34-28(17)35)41-19-2-1-11-30-15-19/h1-4,7-11,15,18,20,22,31H,5-6,12-14,16H2,(H,32,33,37)/t18-,20-,22+/m0/s1. The number of carbonyl (C=O) groups is 2. The lowest BCUT2D eigenvalue weighted by Crippen LogP contribution is -2.46. The molecule has 1 saturated heterocycles. The van der Waals surface area contributed by atoms with Gasteiger partial charge in [-0.3, -0.25) is 24.0 Å². The summed E-state index contributed by atoms with van der Waals surface area (Å²) < 4.78 is 18.6. The lowest BCUT2D eigenvalue weighted by Gasteiger charge is -2.33. The van der Waals surface area contributed by atoms with Crippen LogP contribution in [0.1, 0.15) is 19.3 Å². The zero-order valence-electron chi connectivity index (χ0n) is 22.4. The summed E-state index contributed by atoms with van der Waals surface area (Å²) in [7, 11) is 0. The van der Waals surface area contributed by atoms with Crippen LogP contribution in [0.15, 0.2) is 65.7 Å². The number of fused-ring (bicyclic) bond motifs is 3. The molecule has 0 radical (unpaired) electrons. The average molecular weight is 570 g/mol. The van der Waals surface area contributed by atoms with Gasteiger partial charge in [0.25, 0.3) is 11.5 Å². The minimum Gasteiger partial charge on any atom is -0.480 e. The minimum atomic E-state index is -0.459. The Morgan fingerprint density at radius 1 is 1.05 bits per heavy atom. The summed E-state index contributed by atoms with van der Waals surface area (Å²) in [5.74, 6) is 1.81. The lowest BCUT2D eigenvalue weighted by atomic mass is 9.88. The van der Waals surface area contributed by atoms with Crippen molar-refractivity contribution in [1.82, 2.24) is 24.8 Å². The summed E-state index contributed by atoms with van der Waals surface area (Å²) in [6.07, 6.45) is 4.64. The van der Waals surface area contributed by atoms with Gasteiger partial charge in [-0.2, -0.15) is 4.98 Å². The van der Waals surface area contributed by atoms with Gasteiger partial charge in [-0.15, -0.1) is 0 Å². The number of rotatable bonds is 7. The summed E-state index contributed by atoms with van der Waals surface area (Å²) in [4.78, 5) is 52.0. The predicted molar refractivity (Wildman–Crippen MR) is 151 cm³/mol. The molecule has 0 unspecified atom stereocenters. The number of hydrogen-bond acceptors (Lipinski definition) is 10. The maximum atomic E-state index is 12.9. The molecule has 2 fully saturated rings. The molecule has 2 amide bonds. The predicted octanol–water partition coefficient (Wildman–Crippen LogP) is 2.85. The molecule has 2 aliphatic heterocycles. The van der Waals surface area contributed by atoms with E-state index in [0.717, 1.165) is 11.8 Å². The van der Waals surface area contributed by atoms with Crippen LogP contribution in [0.3, 0.4) is 0 Å². The number of amides is 2. The Labute approximate surface area is 239 Å². The molecule has 1 saturated carbocycles. The molecule has 4 aromatic rings. The maximum Gasteiger partial charge on any atom is 0.416 e. The monoisotopic (exact) mass is 569 g/mol. The van der Waals surface area contributed by atoms with Crippen molar-refractivity contribution in [2.24, 2.45) is 0 Å². The molecule has 42 heavy (non-hydrogen) atoms. The van der Waals surface area contributed by atoms with E-state index in [9.17, 15) is 14.4 Å². The maximum absolute atomic E-state index is 12.9. The Bertz CT molecular complexity index is 1730. The summed E-state index contributed by atoms with van der Waals surface area (Å²) in [6.45, 7) is 0.870. The number of pyridine rings is 4. The smallest absolute Gasteiger partial charge is 0.416 e. The van der Waals surface area contributed by atoms with Crippen LogP contribution < -0.4 is 30.6 Å². The first-order valence-corrected chi connectivity index (χ1v) is 13.8. The number of ether oxygens (including phenoxy) is 3. The van der Waals surface area contributed by atoms with Gasteiger partial charge in [-0.05, 0) is 49.2 Å². The fraction of sp³-hybridized carbons (Fsp3) is 0.310. The summed E-state index contributed by atoms with van der Waals surface area (Å²) in [5, 5.41) is 7.04. The third-order valence-electron chi connectivity index (χ3n) is 7.68. The van der Waals surface area contributed by atoms with Gasteiger partial charge in [0.1, 0.15) is 23.3 Å². The van der Waals surface area contributed by atoms with E-state index < -0.39 is 6.09 Å². The van der Waals surface area contributed by atoms with Gasteiger partial charge in [0, 0.05) is 49.3 Å². The van der Waals surface area contributed by atoms with Crippen molar-refractivity contribution in [3.8, 4) is 17.4 Å². The number of nitrogens with one attached hydrogen (secondary N) is 2.